The van der Waals surface area contributed by atoms with Crippen molar-refractivity contribution >= 4 is 29.0 Å². The van der Waals surface area contributed by atoms with Gasteiger partial charge in [0.1, 0.15) is 5.82 Å². The lowest BCUT2D eigenvalue weighted by molar-refractivity contribution is 0.0957. The molecule has 0 aliphatic heterocycles. The Bertz CT molecular complexity index is 626. The maximum Gasteiger partial charge on any atom is 0.171 e. The van der Waals surface area contributed by atoms with Gasteiger partial charge in [-0.3, -0.25) is 4.79 Å². The minimum Gasteiger partial charge on any atom is -0.293 e. The van der Waals surface area contributed by atoms with E-state index in [0.717, 1.165) is 11.6 Å². The van der Waals surface area contributed by atoms with Gasteiger partial charge in [-0.1, -0.05) is 60.5 Å². The monoisotopic (exact) mass is 310 g/mol. The molecule has 0 amide bonds. The number of halogens is 3. The van der Waals surface area contributed by atoms with Gasteiger partial charge in [-0.2, -0.15) is 0 Å². The van der Waals surface area contributed by atoms with E-state index in [9.17, 15) is 9.18 Å². The van der Waals surface area contributed by atoms with Crippen molar-refractivity contribution in [2.45, 2.75) is 19.3 Å². The molecule has 0 heterocycles. The normalized spacial score (nSPS) is 12.2. The van der Waals surface area contributed by atoms with Gasteiger partial charge in [-0.25, -0.2) is 4.39 Å². The van der Waals surface area contributed by atoms with E-state index in [1.54, 1.807) is 0 Å². The number of carbonyl (C=O) groups is 1. The molecule has 2 rings (SSSR count). The summed E-state index contributed by atoms with van der Waals surface area (Å²) in [6.45, 7) is 1.91. The highest BCUT2D eigenvalue weighted by atomic mass is 35.5. The van der Waals surface area contributed by atoms with Crippen LogP contribution in [0.3, 0.4) is 0 Å². The van der Waals surface area contributed by atoms with Gasteiger partial charge < -0.3 is 0 Å². The van der Waals surface area contributed by atoms with Crippen LogP contribution in [0.4, 0.5) is 4.39 Å². The number of carbonyl (C=O) groups excluding carboxylic acids is 1. The van der Waals surface area contributed by atoms with Gasteiger partial charge >= 0.3 is 0 Å². The fourth-order valence-corrected chi connectivity index (χ4v) is 2.59. The second-order valence-electron chi connectivity index (χ2n) is 4.48. The molecule has 1 unspecified atom stereocenters. The van der Waals surface area contributed by atoms with E-state index < -0.39 is 5.82 Å². The van der Waals surface area contributed by atoms with Crippen molar-refractivity contribution in [2.24, 2.45) is 0 Å². The summed E-state index contributed by atoms with van der Waals surface area (Å²) < 4.78 is 13.6. The van der Waals surface area contributed by atoms with Crippen LogP contribution >= 0.6 is 23.2 Å². The van der Waals surface area contributed by atoms with Gasteiger partial charge in [0.2, 0.25) is 0 Å². The summed E-state index contributed by atoms with van der Waals surface area (Å²) in [6, 6.07) is 11.9. The second kappa shape index (κ2) is 6.38. The summed E-state index contributed by atoms with van der Waals surface area (Å²) in [7, 11) is 0. The zero-order chi connectivity index (χ0) is 14.7. The van der Waals surface area contributed by atoms with Crippen LogP contribution < -0.4 is 0 Å². The van der Waals surface area contributed by atoms with Crippen LogP contribution in [0.2, 0.25) is 10.0 Å². The lowest BCUT2D eigenvalue weighted by atomic mass is 9.88. The minimum absolute atomic E-state index is 0.132. The smallest absolute Gasteiger partial charge is 0.171 e. The van der Waals surface area contributed by atoms with Gasteiger partial charge in [0.05, 0.1) is 5.02 Å². The Balaban J connectivity index is 2.44. The molecule has 4 heteroatoms. The first-order valence-corrected chi connectivity index (χ1v) is 7.04. The molecule has 0 aliphatic carbocycles. The molecule has 1 nitrogen and oxygen atoms in total. The van der Waals surface area contributed by atoms with Crippen LogP contribution in [0, 0.1) is 5.82 Å². The quantitative estimate of drug-likeness (QED) is 0.537. The van der Waals surface area contributed by atoms with Crippen LogP contribution in [0.1, 0.15) is 35.2 Å². The highest BCUT2D eigenvalue weighted by Crippen LogP contribution is 2.31. The van der Waals surface area contributed by atoms with Crippen molar-refractivity contribution in [1.29, 1.82) is 0 Å². The van der Waals surface area contributed by atoms with Gasteiger partial charge in [0.15, 0.2) is 5.78 Å². The highest BCUT2D eigenvalue weighted by molar-refractivity contribution is 6.36. The fourth-order valence-electron chi connectivity index (χ4n) is 2.18. The van der Waals surface area contributed by atoms with E-state index in [0.29, 0.717) is 6.42 Å². The molecule has 0 N–H and O–H groups in total. The van der Waals surface area contributed by atoms with Crippen LogP contribution in [0.25, 0.3) is 0 Å². The van der Waals surface area contributed by atoms with E-state index in [4.69, 9.17) is 23.2 Å². The number of ketones is 1. The van der Waals surface area contributed by atoms with E-state index in [2.05, 4.69) is 0 Å². The Morgan fingerprint density at radius 3 is 2.45 bits per heavy atom. The Morgan fingerprint density at radius 2 is 1.85 bits per heavy atom. The fraction of sp³-hybridized carbons (Fsp3) is 0.188. The Morgan fingerprint density at radius 1 is 1.20 bits per heavy atom. The standard InChI is InChI=1S/C16H13Cl2FO/c1-2-12(10-6-4-3-5-7-10)16(20)13-8-11(17)9-14(19)15(13)18/h3-9,12H,2H2,1H3. The number of hydrogen-bond donors (Lipinski definition) is 0. The third kappa shape index (κ3) is 3.02. The van der Waals surface area contributed by atoms with Crippen molar-refractivity contribution < 1.29 is 9.18 Å². The summed E-state index contributed by atoms with van der Waals surface area (Å²) in [5, 5.41) is -0.00746. The molecule has 104 valence electrons. The molecule has 0 bridgehead atoms. The van der Waals surface area contributed by atoms with Crippen molar-refractivity contribution in [1.82, 2.24) is 0 Å². The van der Waals surface area contributed by atoms with Crippen molar-refractivity contribution in [2.75, 3.05) is 0 Å². The van der Waals surface area contributed by atoms with Gasteiger partial charge in [-0.15, -0.1) is 0 Å². The Hall–Kier alpha value is -1.38. The Kier molecular flexibility index (Phi) is 4.79. The molecule has 20 heavy (non-hydrogen) atoms. The molecule has 0 aromatic heterocycles. The zero-order valence-electron chi connectivity index (χ0n) is 10.9. The lowest BCUT2D eigenvalue weighted by Crippen LogP contribution is -2.13. The average Bonchev–Trinajstić information content (AvgIpc) is 2.44. The maximum atomic E-state index is 13.6. The molecule has 1 atom stereocenters. The van der Waals surface area contributed by atoms with Crippen molar-refractivity contribution in [3.8, 4) is 0 Å². The predicted octanol–water partition coefficient (Wildman–Crippen LogP) is 5.51. The van der Waals surface area contributed by atoms with E-state index in [1.807, 2.05) is 37.3 Å². The molecule has 0 radical (unpaired) electrons. The largest absolute Gasteiger partial charge is 0.293 e. The van der Waals surface area contributed by atoms with E-state index >= 15 is 0 Å². The molecule has 0 fully saturated rings. The lowest BCUT2D eigenvalue weighted by Gasteiger charge is -2.15. The van der Waals surface area contributed by atoms with Gasteiger partial charge in [0, 0.05) is 16.5 Å². The minimum atomic E-state index is -0.676. The molecule has 0 aliphatic rings. The summed E-state index contributed by atoms with van der Waals surface area (Å²) in [5.41, 5.74) is 1.02. The molecule has 0 spiro atoms. The maximum absolute atomic E-state index is 13.6. The summed E-state index contributed by atoms with van der Waals surface area (Å²) in [6.07, 6.45) is 0.604. The molecule has 0 saturated carbocycles. The molecule has 2 aromatic carbocycles. The third-order valence-corrected chi connectivity index (χ3v) is 3.79. The summed E-state index contributed by atoms with van der Waals surface area (Å²) in [4.78, 5) is 12.6. The first-order chi connectivity index (χ1) is 9.54. The van der Waals surface area contributed by atoms with Crippen LogP contribution in [-0.2, 0) is 0 Å². The Labute approximate surface area is 127 Å². The first-order valence-electron chi connectivity index (χ1n) is 6.28. The SMILES string of the molecule is CCC(C(=O)c1cc(Cl)cc(F)c1Cl)c1ccccc1. The first kappa shape index (κ1) is 15.0. The molecule has 2 aromatic rings. The number of hydrogen-bond acceptors (Lipinski definition) is 1. The zero-order valence-corrected chi connectivity index (χ0v) is 12.4. The van der Waals surface area contributed by atoms with Gasteiger partial charge in [-0.05, 0) is 24.1 Å². The molecular formula is C16H13Cl2FO. The third-order valence-electron chi connectivity index (χ3n) is 3.19. The number of benzene rings is 2. The average molecular weight is 311 g/mol. The van der Waals surface area contributed by atoms with E-state index in [-0.39, 0.29) is 27.3 Å². The van der Waals surface area contributed by atoms with Crippen molar-refractivity contribution in [3.05, 3.63) is 69.5 Å². The molecular weight excluding hydrogens is 298 g/mol. The molecule has 0 saturated heterocycles. The van der Waals surface area contributed by atoms with Crippen LogP contribution in [0.5, 0.6) is 0 Å². The van der Waals surface area contributed by atoms with Crippen LogP contribution in [-0.4, -0.2) is 5.78 Å². The topological polar surface area (TPSA) is 17.1 Å². The number of rotatable bonds is 4. The summed E-state index contributed by atoms with van der Waals surface area (Å²) >= 11 is 11.7. The van der Waals surface area contributed by atoms with Gasteiger partial charge in [0.25, 0.3) is 0 Å². The van der Waals surface area contributed by atoms with Crippen LogP contribution in [0.15, 0.2) is 42.5 Å². The predicted molar refractivity (Wildman–Crippen MR) is 80.2 cm³/mol. The van der Waals surface area contributed by atoms with E-state index in [1.165, 1.54) is 6.07 Å². The van der Waals surface area contributed by atoms with Crippen molar-refractivity contribution in [3.63, 3.8) is 0 Å². The summed E-state index contributed by atoms with van der Waals surface area (Å²) in [5.74, 6) is -1.25. The number of Topliss-reactive ketones (excluding diaryl/α,β-unsaturated/α-hetero) is 1. The highest BCUT2D eigenvalue weighted by Gasteiger charge is 2.24. The second-order valence-corrected chi connectivity index (χ2v) is 5.30.